The van der Waals surface area contributed by atoms with Gasteiger partial charge >= 0.3 is 0 Å². The van der Waals surface area contributed by atoms with Gasteiger partial charge in [-0.2, -0.15) is 5.10 Å². The molecule has 0 aromatic carbocycles. The average molecular weight is 222 g/mol. The summed E-state index contributed by atoms with van der Waals surface area (Å²) in [6.07, 6.45) is 6.16. The van der Waals surface area contributed by atoms with Gasteiger partial charge in [-0.15, -0.1) is 0 Å². The number of piperidine rings is 1. The first-order chi connectivity index (χ1) is 7.75. The van der Waals surface area contributed by atoms with E-state index in [9.17, 15) is 4.79 Å². The Balaban J connectivity index is 1.79. The Bertz CT molecular complexity index is 336. The zero-order valence-electron chi connectivity index (χ0n) is 9.38. The maximum absolute atomic E-state index is 11.9. The Morgan fingerprint density at radius 2 is 2.44 bits per heavy atom. The molecule has 2 rings (SSSR count). The van der Waals surface area contributed by atoms with Crippen LogP contribution in [0.1, 0.15) is 19.3 Å². The molecule has 1 aromatic rings. The highest BCUT2D eigenvalue weighted by Crippen LogP contribution is 2.09. The zero-order valence-corrected chi connectivity index (χ0v) is 9.38. The molecular formula is C11H18N4O. The third-order valence-electron chi connectivity index (χ3n) is 2.92. The molecule has 5 heteroatoms. The second kappa shape index (κ2) is 5.12. The van der Waals surface area contributed by atoms with Crippen molar-refractivity contribution in [1.29, 1.82) is 0 Å². The van der Waals surface area contributed by atoms with Crippen LogP contribution in [-0.2, 0) is 11.3 Å². The predicted molar refractivity (Wildman–Crippen MR) is 60.6 cm³/mol. The Morgan fingerprint density at radius 3 is 3.12 bits per heavy atom. The van der Waals surface area contributed by atoms with Gasteiger partial charge in [-0.05, 0) is 18.9 Å². The Kier molecular flexibility index (Phi) is 3.56. The van der Waals surface area contributed by atoms with Crippen molar-refractivity contribution in [2.24, 2.45) is 5.73 Å². The lowest BCUT2D eigenvalue weighted by Crippen LogP contribution is -2.45. The van der Waals surface area contributed by atoms with Gasteiger partial charge in [0.05, 0.1) is 0 Å². The first-order valence-electron chi connectivity index (χ1n) is 5.76. The van der Waals surface area contributed by atoms with Gasteiger partial charge < -0.3 is 10.6 Å². The molecule has 1 aliphatic rings. The average Bonchev–Trinajstić information content (AvgIpc) is 2.78. The topological polar surface area (TPSA) is 64.2 Å². The Hall–Kier alpha value is -1.36. The fraction of sp³-hybridized carbons (Fsp3) is 0.636. The van der Waals surface area contributed by atoms with Crippen LogP contribution in [0.3, 0.4) is 0 Å². The van der Waals surface area contributed by atoms with E-state index in [1.165, 1.54) is 0 Å². The lowest BCUT2D eigenvalue weighted by Gasteiger charge is -2.30. The summed E-state index contributed by atoms with van der Waals surface area (Å²) >= 11 is 0. The molecule has 1 saturated heterocycles. The minimum atomic E-state index is 0.155. The summed E-state index contributed by atoms with van der Waals surface area (Å²) in [5, 5.41) is 4.07. The zero-order chi connectivity index (χ0) is 11.4. The Morgan fingerprint density at radius 1 is 1.56 bits per heavy atom. The van der Waals surface area contributed by atoms with Crippen molar-refractivity contribution in [3.63, 3.8) is 0 Å². The molecule has 1 aromatic heterocycles. The van der Waals surface area contributed by atoms with Crippen LogP contribution in [0.5, 0.6) is 0 Å². The second-order valence-corrected chi connectivity index (χ2v) is 4.26. The molecule has 1 atom stereocenters. The van der Waals surface area contributed by atoms with Crippen LogP contribution in [0.2, 0.25) is 0 Å². The van der Waals surface area contributed by atoms with E-state index in [-0.39, 0.29) is 11.9 Å². The minimum Gasteiger partial charge on any atom is -0.341 e. The van der Waals surface area contributed by atoms with Gasteiger partial charge in [0.15, 0.2) is 0 Å². The van der Waals surface area contributed by atoms with Gasteiger partial charge in [-0.25, -0.2) is 0 Å². The molecule has 1 fully saturated rings. The van der Waals surface area contributed by atoms with E-state index in [2.05, 4.69) is 5.10 Å². The van der Waals surface area contributed by atoms with Crippen molar-refractivity contribution in [1.82, 2.24) is 14.7 Å². The third kappa shape index (κ3) is 2.82. The number of nitrogens with two attached hydrogens (primary N) is 1. The summed E-state index contributed by atoms with van der Waals surface area (Å²) in [7, 11) is 0. The standard InChI is InChI=1S/C11H18N4O/c12-10-3-1-6-14(9-10)11(16)4-8-15-7-2-5-13-15/h2,5,7,10H,1,3-4,6,8-9,12H2/t10-/m1/s1. The maximum atomic E-state index is 11.9. The molecule has 0 spiro atoms. The number of rotatable bonds is 3. The van der Waals surface area contributed by atoms with E-state index >= 15 is 0 Å². The molecule has 0 bridgehead atoms. The van der Waals surface area contributed by atoms with Gasteiger partial charge in [0.2, 0.25) is 5.91 Å². The van der Waals surface area contributed by atoms with E-state index in [4.69, 9.17) is 5.73 Å². The maximum Gasteiger partial charge on any atom is 0.224 e. The van der Waals surface area contributed by atoms with Gasteiger partial charge in [0.1, 0.15) is 0 Å². The number of likely N-dealkylation sites (tertiary alicyclic amines) is 1. The number of amides is 1. The number of hydrogen-bond donors (Lipinski definition) is 1. The van der Waals surface area contributed by atoms with Crippen molar-refractivity contribution in [3.8, 4) is 0 Å². The van der Waals surface area contributed by atoms with E-state index in [1.807, 2.05) is 17.2 Å². The summed E-state index contributed by atoms with van der Waals surface area (Å²) < 4.78 is 1.78. The van der Waals surface area contributed by atoms with Crippen molar-refractivity contribution in [3.05, 3.63) is 18.5 Å². The first-order valence-corrected chi connectivity index (χ1v) is 5.76. The smallest absolute Gasteiger partial charge is 0.224 e. The normalized spacial score (nSPS) is 21.1. The summed E-state index contributed by atoms with van der Waals surface area (Å²) in [5.74, 6) is 0.186. The van der Waals surface area contributed by atoms with Crippen LogP contribution in [0, 0.1) is 0 Å². The number of carbonyl (C=O) groups excluding carboxylic acids is 1. The molecule has 1 aliphatic heterocycles. The van der Waals surface area contributed by atoms with Crippen molar-refractivity contribution in [2.75, 3.05) is 13.1 Å². The lowest BCUT2D eigenvalue weighted by molar-refractivity contribution is -0.132. The molecule has 88 valence electrons. The highest BCUT2D eigenvalue weighted by atomic mass is 16.2. The van der Waals surface area contributed by atoms with Gasteiger partial charge in [0, 0.05) is 44.5 Å². The molecule has 5 nitrogen and oxygen atoms in total. The van der Waals surface area contributed by atoms with Gasteiger partial charge in [-0.3, -0.25) is 9.48 Å². The minimum absolute atomic E-state index is 0.155. The molecule has 0 saturated carbocycles. The van der Waals surface area contributed by atoms with Crippen LogP contribution in [0.4, 0.5) is 0 Å². The summed E-state index contributed by atoms with van der Waals surface area (Å²) in [5.41, 5.74) is 5.84. The Labute approximate surface area is 95.2 Å². The number of nitrogens with zero attached hydrogens (tertiary/aromatic N) is 3. The summed E-state index contributed by atoms with van der Waals surface area (Å²) in [4.78, 5) is 13.7. The van der Waals surface area contributed by atoms with Crippen LogP contribution < -0.4 is 5.73 Å². The molecule has 1 amide bonds. The van der Waals surface area contributed by atoms with Crippen molar-refractivity contribution in [2.45, 2.75) is 31.8 Å². The quantitative estimate of drug-likeness (QED) is 0.796. The van der Waals surface area contributed by atoms with Crippen LogP contribution in [-0.4, -0.2) is 39.7 Å². The van der Waals surface area contributed by atoms with Gasteiger partial charge in [-0.1, -0.05) is 0 Å². The molecule has 0 radical (unpaired) electrons. The fourth-order valence-electron chi connectivity index (χ4n) is 2.04. The van der Waals surface area contributed by atoms with Crippen molar-refractivity contribution < 1.29 is 4.79 Å². The highest BCUT2D eigenvalue weighted by Gasteiger charge is 2.20. The van der Waals surface area contributed by atoms with E-state index < -0.39 is 0 Å². The summed E-state index contributed by atoms with van der Waals surface area (Å²) in [6.45, 7) is 2.21. The molecule has 0 unspecified atom stereocenters. The number of aromatic nitrogens is 2. The number of carbonyl (C=O) groups is 1. The predicted octanol–water partition coefficient (Wildman–Crippen LogP) is 0.223. The molecular weight excluding hydrogens is 204 g/mol. The third-order valence-corrected chi connectivity index (χ3v) is 2.92. The lowest BCUT2D eigenvalue weighted by atomic mass is 10.1. The number of aryl methyl sites for hydroxylation is 1. The molecule has 16 heavy (non-hydrogen) atoms. The number of hydrogen-bond acceptors (Lipinski definition) is 3. The van der Waals surface area contributed by atoms with Crippen molar-refractivity contribution >= 4 is 5.91 Å². The highest BCUT2D eigenvalue weighted by molar-refractivity contribution is 5.76. The van der Waals surface area contributed by atoms with E-state index in [1.54, 1.807) is 10.9 Å². The van der Waals surface area contributed by atoms with Crippen LogP contribution in [0.15, 0.2) is 18.5 Å². The van der Waals surface area contributed by atoms with E-state index in [0.717, 1.165) is 19.4 Å². The molecule has 2 heterocycles. The largest absolute Gasteiger partial charge is 0.341 e. The van der Waals surface area contributed by atoms with Crippen LogP contribution >= 0.6 is 0 Å². The monoisotopic (exact) mass is 222 g/mol. The first kappa shape index (κ1) is 11.1. The molecule has 0 aliphatic carbocycles. The second-order valence-electron chi connectivity index (χ2n) is 4.26. The molecule has 2 N–H and O–H groups in total. The fourth-order valence-corrected chi connectivity index (χ4v) is 2.04. The summed E-state index contributed by atoms with van der Waals surface area (Å²) in [6, 6.07) is 2.02. The van der Waals surface area contributed by atoms with Gasteiger partial charge in [0.25, 0.3) is 0 Å². The van der Waals surface area contributed by atoms with Crippen LogP contribution in [0.25, 0.3) is 0 Å². The SMILES string of the molecule is N[C@@H]1CCCN(C(=O)CCn2cccn2)C1. The van der Waals surface area contributed by atoms with E-state index in [0.29, 0.717) is 19.5 Å².